The summed E-state index contributed by atoms with van der Waals surface area (Å²) in [7, 11) is 1.60. The number of aliphatic hydroxyl groups is 1. The molecule has 4 aromatic rings. The van der Waals surface area contributed by atoms with Gasteiger partial charge in [0.15, 0.2) is 0 Å². The van der Waals surface area contributed by atoms with Gasteiger partial charge in [-0.2, -0.15) is 0 Å². The highest BCUT2D eigenvalue weighted by Crippen LogP contribution is 2.38. The summed E-state index contributed by atoms with van der Waals surface area (Å²) >= 11 is 0. The zero-order chi connectivity index (χ0) is 32.2. The third-order valence-corrected chi connectivity index (χ3v) is 9.04. The van der Waals surface area contributed by atoms with Crippen molar-refractivity contribution in [1.82, 2.24) is 4.98 Å². The fourth-order valence-corrected chi connectivity index (χ4v) is 6.41. The second kappa shape index (κ2) is 13.8. The minimum absolute atomic E-state index is 0.0425. The molecule has 0 radical (unpaired) electrons. The van der Waals surface area contributed by atoms with Crippen LogP contribution in [0.3, 0.4) is 0 Å². The molecule has 1 amide bonds. The van der Waals surface area contributed by atoms with Gasteiger partial charge in [-0.3, -0.25) is 14.8 Å². The van der Waals surface area contributed by atoms with Crippen molar-refractivity contribution in [1.29, 1.82) is 0 Å². The number of aliphatic hydroxyl groups excluding tert-OH is 1. The summed E-state index contributed by atoms with van der Waals surface area (Å²) in [6.45, 7) is 3.85. The van der Waals surface area contributed by atoms with Gasteiger partial charge in [0, 0.05) is 48.7 Å². The van der Waals surface area contributed by atoms with Crippen molar-refractivity contribution in [2.24, 2.45) is 10.9 Å². The largest absolute Gasteiger partial charge is 0.496 e. The van der Waals surface area contributed by atoms with Crippen LogP contribution in [-0.2, 0) is 16.0 Å². The number of morpholine rings is 1. The predicted molar refractivity (Wildman–Crippen MR) is 183 cm³/mol. The van der Waals surface area contributed by atoms with E-state index in [0.717, 1.165) is 72.3 Å². The van der Waals surface area contributed by atoms with Crippen LogP contribution in [0, 0.1) is 5.92 Å². The third kappa shape index (κ3) is 6.77. The van der Waals surface area contributed by atoms with Crippen LogP contribution in [0.25, 0.3) is 5.57 Å². The lowest BCUT2D eigenvalue weighted by molar-refractivity contribution is -0.118. The summed E-state index contributed by atoms with van der Waals surface area (Å²) in [5, 5.41) is 14.1. The molecule has 2 N–H and O–H groups in total. The molecular formula is C38H38N4O5. The number of allylic oxidation sites excluding steroid dienone is 2. The monoisotopic (exact) mass is 630 g/mol. The van der Waals surface area contributed by atoms with Crippen molar-refractivity contribution in [2.45, 2.75) is 25.4 Å². The number of aromatic nitrogens is 1. The highest BCUT2D eigenvalue weighted by atomic mass is 16.5. The summed E-state index contributed by atoms with van der Waals surface area (Å²) in [5.41, 5.74) is 7.86. The van der Waals surface area contributed by atoms with Gasteiger partial charge in [0.1, 0.15) is 17.6 Å². The summed E-state index contributed by atoms with van der Waals surface area (Å²) in [6, 6.07) is 23.7. The Morgan fingerprint density at radius 2 is 1.91 bits per heavy atom. The Labute approximate surface area is 274 Å². The number of rotatable bonds is 9. The van der Waals surface area contributed by atoms with E-state index in [1.54, 1.807) is 25.6 Å². The standard InChI is InChI=1S/C38H38N4O5/c1-45-36-23-27(6-12-32(36)37(43)28-3-2-15-39-24-28)26-5-11-31-34(22-26)40-33-13-4-25(21-35(33)41-38(31)44)14-18-47-30-9-7-29(8-10-30)42-16-19-46-20-17-42/h2-4,6-10,12-13,15,21-24,31,37,43H,5,11,14,16-20H2,1H3,(H,41,44). The number of nitrogens with zero attached hydrogens (tertiary/aromatic N) is 3. The van der Waals surface area contributed by atoms with E-state index >= 15 is 0 Å². The molecule has 0 saturated carbocycles. The number of methoxy groups -OCH3 is 1. The van der Waals surface area contributed by atoms with E-state index in [1.807, 2.05) is 60.7 Å². The van der Waals surface area contributed by atoms with E-state index < -0.39 is 6.10 Å². The van der Waals surface area contributed by atoms with Crippen molar-refractivity contribution in [3.8, 4) is 11.5 Å². The number of carbonyl (C=O) groups is 1. The number of fused-ring (bicyclic) bond motifs is 2. The van der Waals surface area contributed by atoms with Crippen LogP contribution in [0.4, 0.5) is 17.1 Å². The number of hydrogen-bond donors (Lipinski definition) is 2. The average molecular weight is 631 g/mol. The molecule has 7 rings (SSSR count). The predicted octanol–water partition coefficient (Wildman–Crippen LogP) is 6.15. The Morgan fingerprint density at radius 3 is 2.70 bits per heavy atom. The first-order valence-corrected chi connectivity index (χ1v) is 16.1. The molecule has 1 aromatic heterocycles. The molecule has 240 valence electrons. The van der Waals surface area contributed by atoms with Gasteiger partial charge in [0.05, 0.1) is 49.9 Å². The molecule has 1 fully saturated rings. The van der Waals surface area contributed by atoms with Gasteiger partial charge in [0.2, 0.25) is 5.91 Å². The molecule has 0 bridgehead atoms. The second-order valence-electron chi connectivity index (χ2n) is 12.0. The van der Waals surface area contributed by atoms with Crippen LogP contribution < -0.4 is 19.7 Å². The maximum Gasteiger partial charge on any atom is 0.233 e. The number of aliphatic imine (C=N–C) groups is 1. The molecule has 0 spiro atoms. The Kier molecular flexibility index (Phi) is 8.99. The number of benzene rings is 3. The summed E-state index contributed by atoms with van der Waals surface area (Å²) in [5.74, 6) is 1.06. The zero-order valence-corrected chi connectivity index (χ0v) is 26.4. The number of nitrogens with one attached hydrogen (secondary N) is 1. The molecule has 2 aliphatic heterocycles. The molecule has 2 unspecified atom stereocenters. The quantitative estimate of drug-likeness (QED) is 0.229. The van der Waals surface area contributed by atoms with E-state index in [1.165, 1.54) is 5.69 Å². The van der Waals surface area contributed by atoms with Crippen molar-refractivity contribution < 1.29 is 24.1 Å². The van der Waals surface area contributed by atoms with Crippen LogP contribution in [0.5, 0.6) is 11.5 Å². The maximum atomic E-state index is 13.4. The topological polar surface area (TPSA) is 106 Å². The van der Waals surface area contributed by atoms with Crippen LogP contribution in [0.1, 0.15) is 41.2 Å². The lowest BCUT2D eigenvalue weighted by Crippen LogP contribution is -2.36. The number of amides is 1. The van der Waals surface area contributed by atoms with Crippen molar-refractivity contribution in [3.63, 3.8) is 0 Å². The van der Waals surface area contributed by atoms with Gasteiger partial charge in [-0.1, -0.05) is 24.3 Å². The minimum atomic E-state index is -0.854. The molecule has 9 nitrogen and oxygen atoms in total. The first-order chi connectivity index (χ1) is 23.1. The van der Waals surface area contributed by atoms with E-state index in [-0.39, 0.29) is 11.8 Å². The first kappa shape index (κ1) is 30.7. The van der Waals surface area contributed by atoms with Crippen LogP contribution in [0.2, 0.25) is 0 Å². The molecule has 9 heteroatoms. The molecule has 1 saturated heterocycles. The van der Waals surface area contributed by atoms with E-state index in [4.69, 9.17) is 19.2 Å². The van der Waals surface area contributed by atoms with Gasteiger partial charge in [-0.25, -0.2) is 0 Å². The fraction of sp³-hybridized carbons (Fsp3) is 0.289. The van der Waals surface area contributed by atoms with E-state index in [2.05, 4.69) is 27.3 Å². The number of carbonyl (C=O) groups excluding carboxylic acids is 1. The Morgan fingerprint density at radius 1 is 1.06 bits per heavy atom. The van der Waals surface area contributed by atoms with Crippen molar-refractivity contribution in [3.05, 3.63) is 114 Å². The summed E-state index contributed by atoms with van der Waals surface area (Å²) < 4.78 is 17.2. The molecular weight excluding hydrogens is 592 g/mol. The first-order valence-electron chi connectivity index (χ1n) is 16.1. The molecule has 3 heterocycles. The molecule has 3 aliphatic rings. The average Bonchev–Trinajstić information content (AvgIpc) is 3.26. The molecule has 1 aliphatic carbocycles. The SMILES string of the molecule is COc1cc(C2=CC3=Nc4ccc(CCOc5ccc(N6CCOCC6)cc5)cc4NC(=O)C3CC2)ccc1C(O)c1cccnc1. The molecule has 2 atom stereocenters. The lowest BCUT2D eigenvalue weighted by Gasteiger charge is -2.28. The zero-order valence-electron chi connectivity index (χ0n) is 26.4. The van der Waals surface area contributed by atoms with Gasteiger partial charge >= 0.3 is 0 Å². The Balaban J connectivity index is 1.04. The minimum Gasteiger partial charge on any atom is -0.496 e. The van der Waals surface area contributed by atoms with Gasteiger partial charge in [-0.05, 0) is 84.1 Å². The van der Waals surface area contributed by atoms with Crippen molar-refractivity contribution >= 4 is 34.3 Å². The van der Waals surface area contributed by atoms with E-state index in [9.17, 15) is 9.90 Å². The molecule has 47 heavy (non-hydrogen) atoms. The third-order valence-electron chi connectivity index (χ3n) is 9.04. The van der Waals surface area contributed by atoms with Gasteiger partial charge in [-0.15, -0.1) is 0 Å². The number of ether oxygens (including phenoxy) is 3. The summed E-state index contributed by atoms with van der Waals surface area (Å²) in [4.78, 5) is 24.8. The van der Waals surface area contributed by atoms with Gasteiger partial charge < -0.3 is 29.5 Å². The Bertz CT molecular complexity index is 1800. The normalized spacial score (nSPS) is 18.1. The highest BCUT2D eigenvalue weighted by Gasteiger charge is 2.31. The number of hydrogen-bond acceptors (Lipinski definition) is 8. The van der Waals surface area contributed by atoms with Crippen LogP contribution >= 0.6 is 0 Å². The fourth-order valence-electron chi connectivity index (χ4n) is 6.41. The lowest BCUT2D eigenvalue weighted by atomic mass is 9.84. The Hall–Kier alpha value is -4.99. The maximum absolute atomic E-state index is 13.4. The number of pyridine rings is 1. The smallest absolute Gasteiger partial charge is 0.233 e. The van der Waals surface area contributed by atoms with E-state index in [0.29, 0.717) is 36.3 Å². The van der Waals surface area contributed by atoms with Gasteiger partial charge in [0.25, 0.3) is 0 Å². The summed E-state index contributed by atoms with van der Waals surface area (Å²) in [6.07, 6.45) is 6.57. The second-order valence-corrected chi connectivity index (χ2v) is 12.0. The van der Waals surface area contributed by atoms with Crippen molar-refractivity contribution in [2.75, 3.05) is 50.2 Å². The van der Waals surface area contributed by atoms with Crippen LogP contribution in [0.15, 0.2) is 96.3 Å². The highest BCUT2D eigenvalue weighted by molar-refractivity contribution is 6.19. The van der Waals surface area contributed by atoms with Crippen LogP contribution in [-0.4, -0.2) is 61.7 Å². The molecule has 3 aromatic carbocycles. The number of anilines is 2.